The highest BCUT2D eigenvalue weighted by atomic mass is 19.1. The first-order valence-electron chi connectivity index (χ1n) is 6.23. The number of benzene rings is 2. The van der Waals surface area contributed by atoms with Gasteiger partial charge in [-0.15, -0.1) is 0 Å². The molecule has 2 rings (SSSR count). The maximum Gasteiger partial charge on any atom is 0.124 e. The van der Waals surface area contributed by atoms with Gasteiger partial charge in [0.05, 0.1) is 0 Å². The minimum absolute atomic E-state index is 0.0413. The van der Waals surface area contributed by atoms with Crippen molar-refractivity contribution in [3.05, 3.63) is 59.4 Å². The van der Waals surface area contributed by atoms with Gasteiger partial charge >= 0.3 is 0 Å². The Morgan fingerprint density at radius 2 is 1.89 bits per heavy atom. The molecule has 2 aromatic carbocycles. The summed E-state index contributed by atoms with van der Waals surface area (Å²) in [6.07, 6.45) is 0.894. The number of rotatable bonds is 3. The van der Waals surface area contributed by atoms with E-state index < -0.39 is 0 Å². The molecule has 1 unspecified atom stereocenters. The van der Waals surface area contributed by atoms with Crippen LogP contribution in [-0.2, 0) is 0 Å². The monoisotopic (exact) mass is 243 g/mol. The lowest BCUT2D eigenvalue weighted by Gasteiger charge is -2.11. The van der Waals surface area contributed by atoms with Crippen LogP contribution in [-0.4, -0.2) is 0 Å². The second-order valence-electron chi connectivity index (χ2n) is 4.66. The Balaban J connectivity index is 2.44. The van der Waals surface area contributed by atoms with Gasteiger partial charge in [-0.2, -0.15) is 0 Å². The van der Waals surface area contributed by atoms with E-state index in [0.717, 1.165) is 28.7 Å². The molecule has 0 bridgehead atoms. The summed E-state index contributed by atoms with van der Waals surface area (Å²) in [5.41, 5.74) is 9.96. The Hall–Kier alpha value is -1.67. The lowest BCUT2D eigenvalue weighted by molar-refractivity contribution is 0.627. The van der Waals surface area contributed by atoms with Crippen LogP contribution >= 0.6 is 0 Å². The third-order valence-corrected chi connectivity index (χ3v) is 3.13. The van der Waals surface area contributed by atoms with Crippen LogP contribution in [0.25, 0.3) is 11.1 Å². The van der Waals surface area contributed by atoms with Gasteiger partial charge in [-0.25, -0.2) is 4.39 Å². The summed E-state index contributed by atoms with van der Waals surface area (Å²) >= 11 is 0. The fraction of sp³-hybridized carbons (Fsp3) is 0.250. The van der Waals surface area contributed by atoms with E-state index in [9.17, 15) is 4.39 Å². The standard InChI is InChI=1S/C16H18FN/c1-3-16(18)13-6-4-5-12(9-13)14-7-11(2)8-15(17)10-14/h4-10,16H,3,18H2,1-2H3. The molecule has 0 saturated carbocycles. The third-order valence-electron chi connectivity index (χ3n) is 3.13. The summed E-state index contributed by atoms with van der Waals surface area (Å²) in [6, 6.07) is 13.1. The van der Waals surface area contributed by atoms with Crippen LogP contribution in [0.15, 0.2) is 42.5 Å². The van der Waals surface area contributed by atoms with E-state index in [1.165, 1.54) is 6.07 Å². The Morgan fingerprint density at radius 3 is 2.56 bits per heavy atom. The fourth-order valence-corrected chi connectivity index (χ4v) is 2.09. The highest BCUT2D eigenvalue weighted by Gasteiger charge is 2.06. The summed E-state index contributed by atoms with van der Waals surface area (Å²) in [6.45, 7) is 3.96. The molecule has 94 valence electrons. The number of hydrogen-bond donors (Lipinski definition) is 1. The molecule has 18 heavy (non-hydrogen) atoms. The molecule has 2 aromatic rings. The van der Waals surface area contributed by atoms with Crippen molar-refractivity contribution in [3.63, 3.8) is 0 Å². The van der Waals surface area contributed by atoms with Crippen molar-refractivity contribution in [1.29, 1.82) is 0 Å². The number of aryl methyl sites for hydroxylation is 1. The average molecular weight is 243 g/mol. The van der Waals surface area contributed by atoms with Crippen LogP contribution in [0, 0.1) is 12.7 Å². The zero-order valence-electron chi connectivity index (χ0n) is 10.8. The molecule has 0 amide bonds. The number of halogens is 1. The summed E-state index contributed by atoms with van der Waals surface area (Å²) < 4.78 is 13.4. The molecule has 0 radical (unpaired) electrons. The van der Waals surface area contributed by atoms with Crippen molar-refractivity contribution in [2.24, 2.45) is 5.73 Å². The van der Waals surface area contributed by atoms with Crippen LogP contribution < -0.4 is 5.73 Å². The molecule has 0 fully saturated rings. The predicted molar refractivity (Wildman–Crippen MR) is 73.8 cm³/mol. The summed E-state index contributed by atoms with van der Waals surface area (Å²) in [5.74, 6) is -0.199. The van der Waals surface area contributed by atoms with Gasteiger partial charge in [-0.1, -0.05) is 31.2 Å². The molecule has 2 N–H and O–H groups in total. The predicted octanol–water partition coefficient (Wildman–Crippen LogP) is 4.21. The molecule has 0 aliphatic rings. The number of hydrogen-bond acceptors (Lipinski definition) is 1. The van der Waals surface area contributed by atoms with Crippen molar-refractivity contribution in [3.8, 4) is 11.1 Å². The van der Waals surface area contributed by atoms with Crippen molar-refractivity contribution in [2.75, 3.05) is 0 Å². The highest BCUT2D eigenvalue weighted by Crippen LogP contribution is 2.25. The van der Waals surface area contributed by atoms with Gasteiger partial charge in [-0.05, 0) is 53.8 Å². The van der Waals surface area contributed by atoms with Gasteiger partial charge in [0.2, 0.25) is 0 Å². The molecule has 1 nitrogen and oxygen atoms in total. The summed E-state index contributed by atoms with van der Waals surface area (Å²) in [7, 11) is 0. The zero-order valence-corrected chi connectivity index (χ0v) is 10.8. The quantitative estimate of drug-likeness (QED) is 0.858. The van der Waals surface area contributed by atoms with E-state index in [0.29, 0.717) is 0 Å². The summed E-state index contributed by atoms with van der Waals surface area (Å²) in [5, 5.41) is 0. The molecule has 0 aliphatic heterocycles. The first-order valence-corrected chi connectivity index (χ1v) is 6.23. The second-order valence-corrected chi connectivity index (χ2v) is 4.66. The minimum Gasteiger partial charge on any atom is -0.324 e. The van der Waals surface area contributed by atoms with Gasteiger partial charge in [0.1, 0.15) is 5.82 Å². The van der Waals surface area contributed by atoms with Gasteiger partial charge < -0.3 is 5.73 Å². The van der Waals surface area contributed by atoms with Crippen LogP contribution in [0.2, 0.25) is 0 Å². The maximum atomic E-state index is 13.4. The van der Waals surface area contributed by atoms with Gasteiger partial charge in [-0.3, -0.25) is 0 Å². The Bertz CT molecular complexity index is 528. The van der Waals surface area contributed by atoms with Gasteiger partial charge in [0.15, 0.2) is 0 Å². The van der Waals surface area contributed by atoms with E-state index in [1.54, 1.807) is 6.07 Å². The Labute approximate surface area is 107 Å². The van der Waals surface area contributed by atoms with Crippen molar-refractivity contribution < 1.29 is 4.39 Å². The molecule has 0 aliphatic carbocycles. The van der Waals surface area contributed by atoms with Crippen LogP contribution in [0.3, 0.4) is 0 Å². The lowest BCUT2D eigenvalue weighted by atomic mass is 9.98. The Morgan fingerprint density at radius 1 is 1.11 bits per heavy atom. The van der Waals surface area contributed by atoms with E-state index in [4.69, 9.17) is 5.73 Å². The smallest absolute Gasteiger partial charge is 0.124 e. The van der Waals surface area contributed by atoms with E-state index in [1.807, 2.05) is 37.3 Å². The van der Waals surface area contributed by atoms with Crippen molar-refractivity contribution in [1.82, 2.24) is 0 Å². The fourth-order valence-electron chi connectivity index (χ4n) is 2.09. The topological polar surface area (TPSA) is 26.0 Å². The van der Waals surface area contributed by atoms with Gasteiger partial charge in [0, 0.05) is 6.04 Å². The van der Waals surface area contributed by atoms with Crippen LogP contribution in [0.1, 0.15) is 30.5 Å². The van der Waals surface area contributed by atoms with Gasteiger partial charge in [0.25, 0.3) is 0 Å². The molecule has 0 saturated heterocycles. The normalized spacial score (nSPS) is 12.4. The molecule has 0 aromatic heterocycles. The first kappa shape index (κ1) is 12.8. The van der Waals surface area contributed by atoms with Crippen LogP contribution in [0.4, 0.5) is 4.39 Å². The van der Waals surface area contributed by atoms with E-state index >= 15 is 0 Å². The highest BCUT2D eigenvalue weighted by molar-refractivity contribution is 5.65. The second kappa shape index (κ2) is 5.32. The first-order chi connectivity index (χ1) is 8.60. The van der Waals surface area contributed by atoms with Crippen molar-refractivity contribution in [2.45, 2.75) is 26.3 Å². The number of nitrogens with two attached hydrogens (primary N) is 1. The SMILES string of the molecule is CCC(N)c1cccc(-c2cc(C)cc(F)c2)c1. The molecule has 1 atom stereocenters. The van der Waals surface area contributed by atoms with Crippen molar-refractivity contribution >= 4 is 0 Å². The molecule has 0 heterocycles. The summed E-state index contributed by atoms with van der Waals surface area (Å²) in [4.78, 5) is 0. The molecular formula is C16H18FN. The molecule has 2 heteroatoms. The maximum absolute atomic E-state index is 13.4. The molecular weight excluding hydrogens is 225 g/mol. The Kier molecular flexibility index (Phi) is 3.78. The average Bonchev–Trinajstić information content (AvgIpc) is 2.37. The minimum atomic E-state index is -0.199. The lowest BCUT2D eigenvalue weighted by Crippen LogP contribution is -2.08. The zero-order chi connectivity index (χ0) is 13.1. The van der Waals surface area contributed by atoms with E-state index in [-0.39, 0.29) is 11.9 Å². The molecule has 0 spiro atoms. The van der Waals surface area contributed by atoms with E-state index in [2.05, 4.69) is 6.92 Å². The van der Waals surface area contributed by atoms with Crippen LogP contribution in [0.5, 0.6) is 0 Å². The third kappa shape index (κ3) is 2.77. The largest absolute Gasteiger partial charge is 0.324 e.